The van der Waals surface area contributed by atoms with Gasteiger partial charge in [-0.15, -0.1) is 11.3 Å². The fourth-order valence-corrected chi connectivity index (χ4v) is 2.79. The summed E-state index contributed by atoms with van der Waals surface area (Å²) in [5.74, 6) is -0.135. The molecule has 0 aliphatic carbocycles. The normalized spacial score (nSPS) is 12.2. The molecule has 0 spiro atoms. The van der Waals surface area contributed by atoms with Crippen LogP contribution in [0.2, 0.25) is 0 Å². The van der Waals surface area contributed by atoms with Crippen molar-refractivity contribution in [1.29, 1.82) is 0 Å². The molecule has 1 aromatic heterocycles. The van der Waals surface area contributed by atoms with Crippen molar-refractivity contribution in [3.8, 4) is 11.3 Å². The fourth-order valence-electron chi connectivity index (χ4n) is 2.17. The van der Waals surface area contributed by atoms with Gasteiger partial charge in [0.2, 0.25) is 0 Å². The largest absolute Gasteiger partial charge is 0.389 e. The maximum atomic E-state index is 12.4. The van der Waals surface area contributed by atoms with Crippen molar-refractivity contribution in [2.45, 2.75) is 13.0 Å². The number of aromatic nitrogens is 1. The second kappa shape index (κ2) is 7.49. The Labute approximate surface area is 134 Å². The first-order chi connectivity index (χ1) is 10.5. The van der Waals surface area contributed by atoms with Crippen LogP contribution in [0, 0.1) is 6.92 Å². The summed E-state index contributed by atoms with van der Waals surface area (Å²) in [5.41, 5.74) is 2.37. The van der Waals surface area contributed by atoms with Crippen molar-refractivity contribution in [2.24, 2.45) is 0 Å². The van der Waals surface area contributed by atoms with Crippen molar-refractivity contribution in [3.05, 3.63) is 40.2 Å². The summed E-state index contributed by atoms with van der Waals surface area (Å²) in [6.45, 7) is 2.39. The first-order valence-corrected chi connectivity index (χ1v) is 7.84. The van der Waals surface area contributed by atoms with Gasteiger partial charge in [0.1, 0.15) is 0 Å². The van der Waals surface area contributed by atoms with Crippen LogP contribution in [0.4, 0.5) is 0 Å². The van der Waals surface area contributed by atoms with Crippen molar-refractivity contribution in [3.63, 3.8) is 0 Å². The number of aliphatic hydroxyl groups is 1. The van der Waals surface area contributed by atoms with Gasteiger partial charge in [-0.05, 0) is 19.1 Å². The van der Waals surface area contributed by atoms with Crippen LogP contribution < -0.4 is 0 Å². The average Bonchev–Trinajstić information content (AvgIpc) is 2.93. The molecule has 0 unspecified atom stereocenters. The molecule has 1 heterocycles. The predicted molar refractivity (Wildman–Crippen MR) is 87.1 cm³/mol. The molecule has 0 saturated heterocycles. The van der Waals surface area contributed by atoms with E-state index in [2.05, 4.69) is 4.98 Å². The zero-order valence-electron chi connectivity index (χ0n) is 12.9. The van der Waals surface area contributed by atoms with Crippen molar-refractivity contribution >= 4 is 17.2 Å². The molecule has 1 amide bonds. The van der Waals surface area contributed by atoms with E-state index in [4.69, 9.17) is 4.74 Å². The van der Waals surface area contributed by atoms with Gasteiger partial charge in [0.15, 0.2) is 0 Å². The second-order valence-corrected chi connectivity index (χ2v) is 6.19. The number of nitrogens with zero attached hydrogens (tertiary/aromatic N) is 2. The number of rotatable bonds is 6. The molecule has 6 heteroatoms. The molecule has 0 bridgehead atoms. The average molecular weight is 320 g/mol. The Bertz CT molecular complexity index is 642. The summed E-state index contributed by atoms with van der Waals surface area (Å²) in [4.78, 5) is 18.4. The highest BCUT2D eigenvalue weighted by atomic mass is 32.1. The van der Waals surface area contributed by atoms with Crippen molar-refractivity contribution < 1.29 is 14.6 Å². The van der Waals surface area contributed by atoms with E-state index in [1.54, 1.807) is 24.5 Å². The number of carbonyl (C=O) groups excluding carboxylic acids is 1. The minimum absolute atomic E-state index is 0.135. The van der Waals surface area contributed by atoms with E-state index in [1.807, 2.05) is 30.5 Å². The van der Waals surface area contributed by atoms with Crippen LogP contribution in [0.5, 0.6) is 0 Å². The molecule has 2 aromatic rings. The summed E-state index contributed by atoms with van der Waals surface area (Å²) in [5, 5.41) is 12.7. The van der Waals surface area contributed by atoms with E-state index in [-0.39, 0.29) is 19.1 Å². The number of hydrogen-bond donors (Lipinski definition) is 1. The Morgan fingerprint density at radius 2 is 2.27 bits per heavy atom. The van der Waals surface area contributed by atoms with Gasteiger partial charge in [-0.2, -0.15) is 0 Å². The summed E-state index contributed by atoms with van der Waals surface area (Å²) in [6, 6.07) is 7.38. The van der Waals surface area contributed by atoms with E-state index < -0.39 is 6.10 Å². The number of thiazole rings is 1. The molecule has 5 nitrogen and oxygen atoms in total. The first kappa shape index (κ1) is 16.6. The van der Waals surface area contributed by atoms with Crippen LogP contribution in [-0.2, 0) is 4.74 Å². The number of aryl methyl sites for hydroxylation is 1. The Hall–Kier alpha value is -1.76. The maximum absolute atomic E-state index is 12.4. The smallest absolute Gasteiger partial charge is 0.253 e. The number of ether oxygens (including phenoxy) is 1. The van der Waals surface area contributed by atoms with Gasteiger partial charge in [0, 0.05) is 37.2 Å². The maximum Gasteiger partial charge on any atom is 0.253 e. The molecule has 2 rings (SSSR count). The molecule has 0 fully saturated rings. The highest BCUT2D eigenvalue weighted by Crippen LogP contribution is 2.22. The molecular formula is C16H20N2O3S. The van der Waals surface area contributed by atoms with E-state index in [0.717, 1.165) is 16.3 Å². The van der Waals surface area contributed by atoms with Gasteiger partial charge in [-0.3, -0.25) is 4.79 Å². The van der Waals surface area contributed by atoms with Crippen LogP contribution >= 0.6 is 11.3 Å². The van der Waals surface area contributed by atoms with E-state index >= 15 is 0 Å². The van der Waals surface area contributed by atoms with E-state index in [9.17, 15) is 9.90 Å². The summed E-state index contributed by atoms with van der Waals surface area (Å²) in [7, 11) is 3.19. The van der Waals surface area contributed by atoms with Gasteiger partial charge in [-0.1, -0.05) is 12.1 Å². The van der Waals surface area contributed by atoms with Gasteiger partial charge in [-0.25, -0.2) is 4.98 Å². The zero-order chi connectivity index (χ0) is 16.1. The standard InChI is InChI=1S/C16H20N2O3S/c1-11-17-15(10-22-11)12-5-4-6-13(7-12)16(20)18(2)8-14(19)9-21-3/h4-7,10,14,19H,8-9H2,1-3H3/t14-/m0/s1. The third-order valence-electron chi connectivity index (χ3n) is 3.21. The lowest BCUT2D eigenvalue weighted by Crippen LogP contribution is -2.36. The lowest BCUT2D eigenvalue weighted by atomic mass is 10.1. The second-order valence-electron chi connectivity index (χ2n) is 5.13. The predicted octanol–water partition coefficient (Wildman–Crippen LogP) is 2.20. The number of amides is 1. The van der Waals surface area contributed by atoms with Crippen molar-refractivity contribution in [1.82, 2.24) is 9.88 Å². The molecule has 1 atom stereocenters. The molecule has 0 radical (unpaired) electrons. The number of likely N-dealkylation sites (N-methyl/N-ethyl adjacent to an activating group) is 1. The molecular weight excluding hydrogens is 300 g/mol. The topological polar surface area (TPSA) is 62.7 Å². The third kappa shape index (κ3) is 4.13. The van der Waals surface area contributed by atoms with Crippen LogP contribution in [-0.4, -0.2) is 54.3 Å². The highest BCUT2D eigenvalue weighted by molar-refractivity contribution is 7.09. The van der Waals surface area contributed by atoms with Crippen LogP contribution in [0.15, 0.2) is 29.6 Å². The Morgan fingerprint density at radius 1 is 1.50 bits per heavy atom. The highest BCUT2D eigenvalue weighted by Gasteiger charge is 2.16. The summed E-state index contributed by atoms with van der Waals surface area (Å²) >= 11 is 1.58. The SMILES string of the molecule is COC[C@@H](O)CN(C)C(=O)c1cccc(-c2csc(C)n2)c1. The molecule has 1 aromatic carbocycles. The molecule has 0 saturated carbocycles. The molecule has 22 heavy (non-hydrogen) atoms. The van der Waals surface area contributed by atoms with Gasteiger partial charge in [0.05, 0.1) is 23.4 Å². The fraction of sp³-hybridized carbons (Fsp3) is 0.375. The molecule has 0 aliphatic heterocycles. The molecule has 118 valence electrons. The minimum atomic E-state index is -0.691. The van der Waals surface area contributed by atoms with Gasteiger partial charge >= 0.3 is 0 Å². The van der Waals surface area contributed by atoms with Gasteiger partial charge in [0.25, 0.3) is 5.91 Å². The minimum Gasteiger partial charge on any atom is -0.389 e. The first-order valence-electron chi connectivity index (χ1n) is 6.96. The Balaban J connectivity index is 2.13. The number of hydrogen-bond acceptors (Lipinski definition) is 5. The van der Waals surface area contributed by atoms with E-state index in [1.165, 1.54) is 12.0 Å². The van der Waals surface area contributed by atoms with Crippen LogP contribution in [0.3, 0.4) is 0 Å². The van der Waals surface area contributed by atoms with Crippen molar-refractivity contribution in [2.75, 3.05) is 27.3 Å². The van der Waals surface area contributed by atoms with Crippen LogP contribution in [0.1, 0.15) is 15.4 Å². The molecule has 1 N–H and O–H groups in total. The summed E-state index contributed by atoms with van der Waals surface area (Å²) in [6.07, 6.45) is -0.691. The lowest BCUT2D eigenvalue weighted by molar-refractivity contribution is 0.0380. The lowest BCUT2D eigenvalue weighted by Gasteiger charge is -2.20. The third-order valence-corrected chi connectivity index (χ3v) is 3.99. The number of benzene rings is 1. The molecule has 0 aliphatic rings. The number of carbonyl (C=O) groups is 1. The quantitative estimate of drug-likeness (QED) is 0.886. The zero-order valence-corrected chi connectivity index (χ0v) is 13.8. The van der Waals surface area contributed by atoms with Gasteiger partial charge < -0.3 is 14.7 Å². The number of methoxy groups -OCH3 is 1. The monoisotopic (exact) mass is 320 g/mol. The Morgan fingerprint density at radius 3 is 2.91 bits per heavy atom. The van der Waals surface area contributed by atoms with E-state index in [0.29, 0.717) is 5.56 Å². The van der Waals surface area contributed by atoms with Crippen LogP contribution in [0.25, 0.3) is 11.3 Å². The summed E-state index contributed by atoms with van der Waals surface area (Å²) < 4.78 is 4.87. The Kier molecular flexibility index (Phi) is 5.65. The number of aliphatic hydroxyl groups excluding tert-OH is 1.